The van der Waals surface area contributed by atoms with Crippen molar-refractivity contribution in [3.8, 4) is 11.8 Å². The van der Waals surface area contributed by atoms with Gasteiger partial charge < -0.3 is 5.73 Å². The number of benzene rings is 1. The first-order valence-corrected chi connectivity index (χ1v) is 4.71. The highest BCUT2D eigenvalue weighted by molar-refractivity contribution is 6.30. The van der Waals surface area contributed by atoms with Crippen LogP contribution in [0.5, 0.6) is 0 Å². The van der Waals surface area contributed by atoms with Crippen molar-refractivity contribution in [2.45, 2.75) is 0 Å². The monoisotopic (exact) mass is 236 g/mol. The minimum atomic E-state index is -0.622. The van der Waals surface area contributed by atoms with Gasteiger partial charge in [0.15, 0.2) is 5.82 Å². The highest BCUT2D eigenvalue weighted by atomic mass is 35.5. The van der Waals surface area contributed by atoms with Crippen LogP contribution in [0.4, 0.5) is 10.2 Å². The Kier molecular flexibility index (Phi) is 2.50. The van der Waals surface area contributed by atoms with Crippen molar-refractivity contribution in [1.82, 2.24) is 9.78 Å². The molecule has 4 nitrogen and oxygen atoms in total. The maximum absolute atomic E-state index is 13.6. The molecule has 0 atom stereocenters. The van der Waals surface area contributed by atoms with Gasteiger partial charge in [0.1, 0.15) is 23.1 Å². The quantitative estimate of drug-likeness (QED) is 0.825. The molecular weight excluding hydrogens is 231 g/mol. The van der Waals surface area contributed by atoms with E-state index in [0.29, 0.717) is 0 Å². The second-order valence-corrected chi connectivity index (χ2v) is 3.45. The number of aromatic nitrogens is 2. The third kappa shape index (κ3) is 1.49. The van der Waals surface area contributed by atoms with E-state index in [9.17, 15) is 4.39 Å². The Morgan fingerprint density at radius 1 is 1.50 bits per heavy atom. The van der Waals surface area contributed by atoms with E-state index in [1.165, 1.54) is 18.3 Å². The minimum absolute atomic E-state index is 0.0223. The third-order valence-electron chi connectivity index (χ3n) is 2.09. The van der Waals surface area contributed by atoms with Gasteiger partial charge in [0.05, 0.1) is 11.2 Å². The lowest BCUT2D eigenvalue weighted by Gasteiger charge is -2.05. The molecule has 2 aromatic rings. The maximum Gasteiger partial charge on any atom is 0.167 e. The van der Waals surface area contributed by atoms with Crippen LogP contribution in [0.2, 0.25) is 5.02 Å². The van der Waals surface area contributed by atoms with E-state index in [0.717, 1.165) is 4.68 Å². The number of nitrogens with two attached hydrogens (primary N) is 1. The van der Waals surface area contributed by atoms with E-state index in [2.05, 4.69) is 5.10 Å². The van der Waals surface area contributed by atoms with Crippen LogP contribution in [0.25, 0.3) is 5.69 Å². The second-order valence-electron chi connectivity index (χ2n) is 3.04. The molecule has 6 heteroatoms. The van der Waals surface area contributed by atoms with E-state index in [4.69, 9.17) is 22.6 Å². The van der Waals surface area contributed by atoms with Crippen molar-refractivity contribution in [2.24, 2.45) is 0 Å². The molecule has 80 valence electrons. The lowest BCUT2D eigenvalue weighted by Crippen LogP contribution is -2.04. The maximum atomic E-state index is 13.6. The third-order valence-corrected chi connectivity index (χ3v) is 2.38. The van der Waals surface area contributed by atoms with E-state index in [-0.39, 0.29) is 22.1 Å². The first-order chi connectivity index (χ1) is 7.65. The zero-order valence-electron chi connectivity index (χ0n) is 7.98. The van der Waals surface area contributed by atoms with Crippen molar-refractivity contribution < 1.29 is 4.39 Å². The summed E-state index contributed by atoms with van der Waals surface area (Å²) in [4.78, 5) is 0. The molecule has 0 radical (unpaired) electrons. The number of hydrogen-bond donors (Lipinski definition) is 1. The van der Waals surface area contributed by atoms with Gasteiger partial charge in [0.25, 0.3) is 0 Å². The lowest BCUT2D eigenvalue weighted by atomic mass is 10.3. The molecule has 0 aliphatic rings. The minimum Gasteiger partial charge on any atom is -0.382 e. The Morgan fingerprint density at radius 2 is 2.25 bits per heavy atom. The van der Waals surface area contributed by atoms with Crippen LogP contribution in [0.15, 0.2) is 24.4 Å². The molecule has 0 aliphatic carbocycles. The van der Waals surface area contributed by atoms with Crippen molar-refractivity contribution >= 4 is 17.4 Å². The zero-order valence-corrected chi connectivity index (χ0v) is 8.74. The molecule has 1 aromatic carbocycles. The van der Waals surface area contributed by atoms with E-state index < -0.39 is 5.82 Å². The molecule has 0 saturated carbocycles. The van der Waals surface area contributed by atoms with Gasteiger partial charge in [-0.1, -0.05) is 17.7 Å². The molecule has 0 aliphatic heterocycles. The molecular formula is C10H6ClFN4. The van der Waals surface area contributed by atoms with Crippen LogP contribution in [0.1, 0.15) is 5.56 Å². The molecule has 16 heavy (non-hydrogen) atoms. The van der Waals surface area contributed by atoms with E-state index in [1.807, 2.05) is 6.07 Å². The average Bonchev–Trinajstić information content (AvgIpc) is 2.64. The molecule has 2 rings (SSSR count). The number of hydrogen-bond acceptors (Lipinski definition) is 3. The Hall–Kier alpha value is -2.06. The molecule has 0 saturated heterocycles. The number of nitriles is 1. The fraction of sp³-hybridized carbons (Fsp3) is 0. The fourth-order valence-corrected chi connectivity index (χ4v) is 1.46. The van der Waals surface area contributed by atoms with Crippen LogP contribution in [-0.2, 0) is 0 Å². The molecule has 0 bridgehead atoms. The second kappa shape index (κ2) is 3.83. The molecule has 1 heterocycles. The summed E-state index contributed by atoms with van der Waals surface area (Å²) in [6, 6.07) is 6.33. The van der Waals surface area contributed by atoms with Crippen molar-refractivity contribution in [1.29, 1.82) is 5.26 Å². The average molecular weight is 237 g/mol. The van der Waals surface area contributed by atoms with Gasteiger partial charge in [-0.3, -0.25) is 0 Å². The first kappa shape index (κ1) is 10.5. The molecule has 0 fully saturated rings. The van der Waals surface area contributed by atoms with Crippen molar-refractivity contribution in [2.75, 3.05) is 5.73 Å². The topological polar surface area (TPSA) is 67.6 Å². The van der Waals surface area contributed by atoms with Gasteiger partial charge >= 0.3 is 0 Å². The summed E-state index contributed by atoms with van der Waals surface area (Å²) >= 11 is 5.63. The van der Waals surface area contributed by atoms with Gasteiger partial charge in [-0.05, 0) is 12.1 Å². The van der Waals surface area contributed by atoms with E-state index in [1.54, 1.807) is 6.07 Å². The van der Waals surface area contributed by atoms with Crippen molar-refractivity contribution in [3.05, 3.63) is 40.8 Å². The van der Waals surface area contributed by atoms with Gasteiger partial charge in [0, 0.05) is 0 Å². The Morgan fingerprint density at radius 3 is 2.88 bits per heavy atom. The van der Waals surface area contributed by atoms with E-state index >= 15 is 0 Å². The molecule has 1 aromatic heterocycles. The van der Waals surface area contributed by atoms with Gasteiger partial charge in [0.2, 0.25) is 0 Å². The van der Waals surface area contributed by atoms with Crippen molar-refractivity contribution in [3.63, 3.8) is 0 Å². The summed E-state index contributed by atoms with van der Waals surface area (Å²) in [6.07, 6.45) is 1.27. The summed E-state index contributed by atoms with van der Waals surface area (Å²) in [6.45, 7) is 0. The SMILES string of the molecule is N#Cc1cnn(-c2cccc(Cl)c2F)c1N. The molecule has 0 spiro atoms. The zero-order chi connectivity index (χ0) is 11.7. The van der Waals surface area contributed by atoms with Crippen LogP contribution in [-0.4, -0.2) is 9.78 Å². The van der Waals surface area contributed by atoms with Gasteiger partial charge in [-0.2, -0.15) is 10.4 Å². The molecule has 2 N–H and O–H groups in total. The highest BCUT2D eigenvalue weighted by Crippen LogP contribution is 2.23. The summed E-state index contributed by atoms with van der Waals surface area (Å²) in [5, 5.41) is 12.5. The fourth-order valence-electron chi connectivity index (χ4n) is 1.29. The molecule has 0 unspecified atom stereocenters. The van der Waals surface area contributed by atoms with Gasteiger partial charge in [-0.15, -0.1) is 0 Å². The standard InChI is InChI=1S/C10H6ClFN4/c11-7-2-1-3-8(9(7)12)16-10(14)6(4-13)5-15-16/h1-3,5H,14H2. The van der Waals surface area contributed by atoms with Crippen LogP contribution in [0, 0.1) is 17.1 Å². The first-order valence-electron chi connectivity index (χ1n) is 4.33. The highest BCUT2D eigenvalue weighted by Gasteiger charge is 2.13. The summed E-state index contributed by atoms with van der Waals surface area (Å²) in [5.41, 5.74) is 5.94. The normalized spacial score (nSPS) is 10.1. The lowest BCUT2D eigenvalue weighted by molar-refractivity contribution is 0.612. The predicted octanol–water partition coefficient (Wildman–Crippen LogP) is 2.12. The number of nitrogens with zero attached hydrogens (tertiary/aromatic N) is 3. The Labute approximate surface area is 95.7 Å². The number of halogens is 2. The number of nitrogen functional groups attached to an aromatic ring is 1. The van der Waals surface area contributed by atoms with Crippen LogP contribution >= 0.6 is 11.6 Å². The molecule has 0 amide bonds. The van der Waals surface area contributed by atoms with Crippen LogP contribution in [0.3, 0.4) is 0 Å². The summed E-state index contributed by atoms with van der Waals surface area (Å²) < 4.78 is 14.8. The Balaban J connectivity index is 2.64. The number of anilines is 1. The predicted molar refractivity (Wildman–Crippen MR) is 57.7 cm³/mol. The summed E-state index contributed by atoms with van der Waals surface area (Å²) in [5.74, 6) is -0.535. The smallest absolute Gasteiger partial charge is 0.167 e. The Bertz CT molecular complexity index is 585. The van der Waals surface area contributed by atoms with Crippen LogP contribution < -0.4 is 5.73 Å². The largest absolute Gasteiger partial charge is 0.382 e. The number of rotatable bonds is 1. The van der Waals surface area contributed by atoms with Gasteiger partial charge in [-0.25, -0.2) is 9.07 Å². The summed E-state index contributed by atoms with van der Waals surface area (Å²) in [7, 11) is 0.